The van der Waals surface area contributed by atoms with Gasteiger partial charge in [0.15, 0.2) is 5.96 Å². The van der Waals surface area contributed by atoms with Gasteiger partial charge in [-0.2, -0.15) is 0 Å². The summed E-state index contributed by atoms with van der Waals surface area (Å²) < 4.78 is 0. The van der Waals surface area contributed by atoms with Crippen LogP contribution in [0.3, 0.4) is 0 Å². The molecule has 0 bridgehead atoms. The predicted octanol–water partition coefficient (Wildman–Crippen LogP) is 2.94. The van der Waals surface area contributed by atoms with Gasteiger partial charge in [-0.25, -0.2) is 0 Å². The Hall–Kier alpha value is -1.35. The molecule has 0 radical (unpaired) electrons. The number of aliphatic imine (C=N–C) groups is 1. The fraction of sp³-hybridized carbons (Fsp3) is 0.636. The largest absolute Gasteiger partial charge is 0.359 e. The monoisotopic (exact) mass is 515 g/mol. The zero-order valence-electron chi connectivity index (χ0n) is 18.4. The maximum atomic E-state index is 11.6. The summed E-state index contributed by atoms with van der Waals surface area (Å²) in [5.41, 5.74) is 1.35. The molecular weight excluding hydrogens is 477 g/mol. The number of carbonyl (C=O) groups is 1. The number of piperidine rings is 1. The Bertz CT molecular complexity index is 617. The lowest BCUT2D eigenvalue weighted by molar-refractivity contribution is -0.121. The van der Waals surface area contributed by atoms with Crippen LogP contribution in [0, 0.1) is 5.92 Å². The minimum Gasteiger partial charge on any atom is -0.359 e. The Morgan fingerprint density at radius 2 is 1.93 bits per heavy atom. The van der Waals surface area contributed by atoms with E-state index in [1.54, 1.807) is 7.05 Å². The smallest absolute Gasteiger partial charge is 0.220 e. The van der Waals surface area contributed by atoms with Gasteiger partial charge in [0.05, 0.1) is 0 Å². The van der Waals surface area contributed by atoms with Crippen molar-refractivity contribution in [2.45, 2.75) is 45.2 Å². The Morgan fingerprint density at radius 1 is 1.28 bits per heavy atom. The molecule has 29 heavy (non-hydrogen) atoms. The number of benzene rings is 1. The summed E-state index contributed by atoms with van der Waals surface area (Å²) in [5.74, 6) is 1.62. The Kier molecular flexibility index (Phi) is 12.2. The number of nitrogens with zero attached hydrogens (tertiary/aromatic N) is 3. The van der Waals surface area contributed by atoms with Gasteiger partial charge in [0.1, 0.15) is 0 Å². The molecule has 0 aliphatic carbocycles. The zero-order valence-corrected chi connectivity index (χ0v) is 20.7. The molecule has 2 rings (SSSR count). The molecule has 1 atom stereocenters. The lowest BCUT2D eigenvalue weighted by Gasteiger charge is -2.34. The maximum absolute atomic E-state index is 11.6. The highest BCUT2D eigenvalue weighted by Gasteiger charge is 2.23. The second-order valence-corrected chi connectivity index (χ2v) is 7.82. The molecule has 1 aliphatic heterocycles. The molecule has 2 N–H and O–H groups in total. The molecule has 7 heteroatoms. The predicted molar refractivity (Wildman–Crippen MR) is 132 cm³/mol. The second-order valence-electron chi connectivity index (χ2n) is 7.82. The van der Waals surface area contributed by atoms with Gasteiger partial charge in [0.25, 0.3) is 0 Å². The number of guanidine groups is 1. The van der Waals surface area contributed by atoms with E-state index < -0.39 is 0 Å². The molecule has 1 fully saturated rings. The number of carbonyl (C=O) groups excluding carboxylic acids is 1. The van der Waals surface area contributed by atoms with E-state index in [2.05, 4.69) is 69.7 Å². The molecule has 164 valence electrons. The fourth-order valence-corrected chi connectivity index (χ4v) is 3.69. The van der Waals surface area contributed by atoms with E-state index in [9.17, 15) is 4.79 Å². The van der Waals surface area contributed by atoms with Crippen molar-refractivity contribution < 1.29 is 4.79 Å². The minimum absolute atomic E-state index is 0. The van der Waals surface area contributed by atoms with Crippen LogP contribution >= 0.6 is 24.0 Å². The summed E-state index contributed by atoms with van der Waals surface area (Å²) in [6, 6.07) is 11.1. The van der Waals surface area contributed by atoms with Gasteiger partial charge < -0.3 is 15.5 Å². The van der Waals surface area contributed by atoms with Crippen molar-refractivity contribution in [1.82, 2.24) is 20.4 Å². The van der Waals surface area contributed by atoms with E-state index in [4.69, 9.17) is 0 Å². The number of hydrogen-bond acceptors (Lipinski definition) is 3. The molecule has 1 aliphatic rings. The maximum Gasteiger partial charge on any atom is 0.220 e. The highest BCUT2D eigenvalue weighted by molar-refractivity contribution is 14.0. The lowest BCUT2D eigenvalue weighted by Crippen LogP contribution is -2.46. The number of rotatable bonds is 8. The summed E-state index contributed by atoms with van der Waals surface area (Å²) in [7, 11) is 5.75. The summed E-state index contributed by atoms with van der Waals surface area (Å²) in [4.78, 5) is 20.7. The molecule has 1 aromatic rings. The van der Waals surface area contributed by atoms with Gasteiger partial charge in [-0.15, -0.1) is 24.0 Å². The number of likely N-dealkylation sites (tertiary alicyclic amines) is 1. The number of nitrogens with one attached hydrogen (secondary N) is 2. The van der Waals surface area contributed by atoms with Gasteiger partial charge in [0.2, 0.25) is 5.91 Å². The van der Waals surface area contributed by atoms with Gasteiger partial charge in [-0.05, 0) is 44.7 Å². The quantitative estimate of drug-likeness (QED) is 0.318. The standard InChI is InChI=1S/C22H37N5O.HI/c1-18(26(4)17-20-8-6-5-7-9-20)10-13-25-22(24-3)27-14-11-19(12-15-27)16-21(28)23-2;/h5-9,18-19H,10-17H2,1-4H3,(H,23,28)(H,24,25);1H. The molecule has 1 amide bonds. The summed E-state index contributed by atoms with van der Waals surface area (Å²) >= 11 is 0. The Labute approximate surface area is 193 Å². The second kappa shape index (κ2) is 13.8. The van der Waals surface area contributed by atoms with Crippen molar-refractivity contribution in [3.63, 3.8) is 0 Å². The van der Waals surface area contributed by atoms with Crippen LogP contribution in [0.4, 0.5) is 0 Å². The van der Waals surface area contributed by atoms with Crippen molar-refractivity contribution in [3.05, 3.63) is 35.9 Å². The first-order valence-electron chi connectivity index (χ1n) is 10.4. The van der Waals surface area contributed by atoms with E-state index in [0.717, 1.165) is 51.4 Å². The molecule has 1 unspecified atom stereocenters. The molecule has 1 heterocycles. The van der Waals surface area contributed by atoms with E-state index in [1.165, 1.54) is 5.56 Å². The van der Waals surface area contributed by atoms with E-state index >= 15 is 0 Å². The zero-order chi connectivity index (χ0) is 20.4. The first kappa shape index (κ1) is 25.7. The highest BCUT2D eigenvalue weighted by atomic mass is 127. The average Bonchev–Trinajstić information content (AvgIpc) is 2.72. The van der Waals surface area contributed by atoms with Crippen molar-refractivity contribution in [2.24, 2.45) is 10.9 Å². The third kappa shape index (κ3) is 8.90. The summed E-state index contributed by atoms with van der Waals surface area (Å²) in [6.07, 6.45) is 3.80. The Balaban J connectivity index is 0.00000420. The average molecular weight is 515 g/mol. The van der Waals surface area contributed by atoms with Gasteiger partial charge >= 0.3 is 0 Å². The fourth-order valence-electron chi connectivity index (χ4n) is 3.69. The van der Waals surface area contributed by atoms with Crippen LogP contribution in [-0.4, -0.2) is 68.5 Å². The van der Waals surface area contributed by atoms with Crippen LogP contribution < -0.4 is 10.6 Å². The highest BCUT2D eigenvalue weighted by Crippen LogP contribution is 2.20. The van der Waals surface area contributed by atoms with Crippen molar-refractivity contribution in [1.29, 1.82) is 0 Å². The molecular formula is C22H38IN5O. The summed E-state index contributed by atoms with van der Waals surface area (Å²) in [5, 5.41) is 6.25. The molecule has 0 spiro atoms. The molecule has 1 aromatic carbocycles. The normalized spacial score (nSPS) is 16.3. The first-order valence-corrected chi connectivity index (χ1v) is 10.4. The van der Waals surface area contributed by atoms with Crippen molar-refractivity contribution >= 4 is 35.8 Å². The van der Waals surface area contributed by atoms with Crippen molar-refractivity contribution in [2.75, 3.05) is 40.8 Å². The van der Waals surface area contributed by atoms with Gasteiger partial charge in [-0.1, -0.05) is 30.3 Å². The minimum atomic E-state index is 0. The van der Waals surface area contributed by atoms with E-state index in [0.29, 0.717) is 18.4 Å². The van der Waals surface area contributed by atoms with Crippen LogP contribution in [0.25, 0.3) is 0 Å². The lowest BCUT2D eigenvalue weighted by atomic mass is 9.93. The van der Waals surface area contributed by atoms with E-state index in [-0.39, 0.29) is 29.9 Å². The van der Waals surface area contributed by atoms with Gasteiger partial charge in [-0.3, -0.25) is 14.7 Å². The molecule has 6 nitrogen and oxygen atoms in total. The SMILES string of the molecule is CN=C(NCCC(C)N(C)Cc1ccccc1)N1CCC(CC(=O)NC)CC1.I. The molecule has 1 saturated heterocycles. The van der Waals surface area contributed by atoms with Crippen molar-refractivity contribution in [3.8, 4) is 0 Å². The van der Waals surface area contributed by atoms with Crippen LogP contribution in [0.1, 0.15) is 38.2 Å². The third-order valence-electron chi connectivity index (χ3n) is 5.75. The van der Waals surface area contributed by atoms with Crippen LogP contribution in [0.5, 0.6) is 0 Å². The Morgan fingerprint density at radius 3 is 2.52 bits per heavy atom. The van der Waals surface area contributed by atoms with Gasteiger partial charge in [0, 0.05) is 52.7 Å². The topological polar surface area (TPSA) is 60.0 Å². The number of amides is 1. The van der Waals surface area contributed by atoms with Crippen LogP contribution in [0.15, 0.2) is 35.3 Å². The van der Waals surface area contributed by atoms with E-state index in [1.807, 2.05) is 7.05 Å². The molecule has 0 aromatic heterocycles. The van der Waals surface area contributed by atoms with Crippen LogP contribution in [0.2, 0.25) is 0 Å². The molecule has 0 saturated carbocycles. The number of halogens is 1. The summed E-state index contributed by atoms with van der Waals surface area (Å²) in [6.45, 7) is 6.08. The number of hydrogen-bond donors (Lipinski definition) is 2. The third-order valence-corrected chi connectivity index (χ3v) is 5.75. The first-order chi connectivity index (χ1) is 13.5. The van der Waals surface area contributed by atoms with Crippen LogP contribution in [-0.2, 0) is 11.3 Å².